The van der Waals surface area contributed by atoms with E-state index >= 15 is 0 Å². The van der Waals surface area contributed by atoms with Crippen LogP contribution < -0.4 is 10.2 Å². The molecule has 4 rings (SSSR count). The molecule has 0 spiro atoms. The first kappa shape index (κ1) is 18.4. The monoisotopic (exact) mass is 393 g/mol. The molecule has 2 amide bonds. The normalized spacial score (nSPS) is 14.2. The van der Waals surface area contributed by atoms with Crippen molar-refractivity contribution in [2.75, 3.05) is 36.4 Å². The molecule has 6 nitrogen and oxygen atoms in total. The van der Waals surface area contributed by atoms with Crippen molar-refractivity contribution in [2.24, 2.45) is 0 Å². The van der Waals surface area contributed by atoms with Crippen LogP contribution in [0.4, 0.5) is 15.6 Å². The molecule has 0 radical (unpaired) electrons. The summed E-state index contributed by atoms with van der Waals surface area (Å²) in [5, 5.41) is 3.95. The SMILES string of the molecule is CCc1sc(N2CCN(C(=O)Nc3cccnc3)CC2)nc1-c1ccccc1. The molecule has 144 valence electrons. The van der Waals surface area contributed by atoms with E-state index in [1.165, 1.54) is 4.88 Å². The maximum Gasteiger partial charge on any atom is 0.322 e. The van der Waals surface area contributed by atoms with Crippen LogP contribution in [0.25, 0.3) is 11.3 Å². The van der Waals surface area contributed by atoms with Crippen LogP contribution in [0.2, 0.25) is 0 Å². The molecule has 28 heavy (non-hydrogen) atoms. The number of aromatic nitrogens is 2. The molecular formula is C21H23N5OS. The van der Waals surface area contributed by atoms with E-state index < -0.39 is 0 Å². The number of aryl methyl sites for hydroxylation is 1. The third-order valence-corrected chi connectivity index (χ3v) is 6.07. The van der Waals surface area contributed by atoms with E-state index in [0.29, 0.717) is 13.1 Å². The molecule has 1 aliphatic heterocycles. The van der Waals surface area contributed by atoms with Gasteiger partial charge in [0.2, 0.25) is 0 Å². The first-order valence-corrected chi connectivity index (χ1v) is 10.3. The van der Waals surface area contributed by atoms with Crippen molar-refractivity contribution < 1.29 is 4.79 Å². The van der Waals surface area contributed by atoms with Crippen molar-refractivity contribution in [2.45, 2.75) is 13.3 Å². The zero-order valence-corrected chi connectivity index (χ0v) is 16.7. The Labute approximate surface area is 168 Å². The van der Waals surface area contributed by atoms with Crippen molar-refractivity contribution in [3.05, 3.63) is 59.7 Å². The van der Waals surface area contributed by atoms with Crippen LogP contribution in [-0.4, -0.2) is 47.1 Å². The highest BCUT2D eigenvalue weighted by Gasteiger charge is 2.24. The van der Waals surface area contributed by atoms with Crippen molar-refractivity contribution in [3.63, 3.8) is 0 Å². The van der Waals surface area contributed by atoms with Crippen LogP contribution in [-0.2, 0) is 6.42 Å². The van der Waals surface area contributed by atoms with Crippen LogP contribution >= 0.6 is 11.3 Å². The lowest BCUT2D eigenvalue weighted by Gasteiger charge is -2.34. The molecular weight excluding hydrogens is 370 g/mol. The second kappa shape index (κ2) is 8.39. The van der Waals surface area contributed by atoms with Gasteiger partial charge in [0.1, 0.15) is 0 Å². The molecule has 0 aliphatic carbocycles. The van der Waals surface area contributed by atoms with E-state index in [-0.39, 0.29) is 6.03 Å². The van der Waals surface area contributed by atoms with Crippen LogP contribution in [0.15, 0.2) is 54.9 Å². The summed E-state index contributed by atoms with van der Waals surface area (Å²) < 4.78 is 0. The summed E-state index contributed by atoms with van der Waals surface area (Å²) >= 11 is 1.76. The standard InChI is InChI=1S/C21H23N5OS/c1-2-18-19(16-7-4-3-5-8-16)24-21(28-18)26-13-11-25(12-14-26)20(27)23-17-9-6-10-22-15-17/h3-10,15H,2,11-14H2,1H3,(H,23,27). The zero-order chi connectivity index (χ0) is 19.3. The van der Waals surface area contributed by atoms with Gasteiger partial charge in [-0.05, 0) is 18.6 Å². The van der Waals surface area contributed by atoms with Gasteiger partial charge >= 0.3 is 6.03 Å². The predicted molar refractivity (Wildman–Crippen MR) is 114 cm³/mol. The van der Waals surface area contributed by atoms with Gasteiger partial charge in [-0.25, -0.2) is 9.78 Å². The number of nitrogens with one attached hydrogen (secondary N) is 1. The van der Waals surface area contributed by atoms with Gasteiger partial charge < -0.3 is 15.1 Å². The molecule has 7 heteroatoms. The quantitative estimate of drug-likeness (QED) is 0.724. The number of carbonyl (C=O) groups is 1. The summed E-state index contributed by atoms with van der Waals surface area (Å²) in [6.07, 6.45) is 4.31. The van der Waals surface area contributed by atoms with E-state index in [1.807, 2.05) is 35.2 Å². The van der Waals surface area contributed by atoms with E-state index in [1.54, 1.807) is 23.7 Å². The summed E-state index contributed by atoms with van der Waals surface area (Å²) in [5.74, 6) is 0. The van der Waals surface area contributed by atoms with Gasteiger partial charge in [-0.2, -0.15) is 0 Å². The molecule has 0 bridgehead atoms. The number of hydrogen-bond donors (Lipinski definition) is 1. The summed E-state index contributed by atoms with van der Waals surface area (Å²) in [4.78, 5) is 26.8. The van der Waals surface area contributed by atoms with Crippen molar-refractivity contribution in [1.29, 1.82) is 0 Å². The lowest BCUT2D eigenvalue weighted by Crippen LogP contribution is -2.50. The molecule has 3 heterocycles. The highest BCUT2D eigenvalue weighted by Crippen LogP contribution is 2.33. The third kappa shape index (κ3) is 3.99. The minimum Gasteiger partial charge on any atom is -0.345 e. The second-order valence-corrected chi connectivity index (χ2v) is 7.70. The second-order valence-electron chi connectivity index (χ2n) is 6.63. The van der Waals surface area contributed by atoms with Crippen LogP contribution in [0.5, 0.6) is 0 Å². The van der Waals surface area contributed by atoms with E-state index in [4.69, 9.17) is 4.98 Å². The van der Waals surface area contributed by atoms with Gasteiger partial charge in [0, 0.05) is 42.8 Å². The fourth-order valence-electron chi connectivity index (χ4n) is 3.28. The van der Waals surface area contributed by atoms with Gasteiger partial charge in [-0.15, -0.1) is 11.3 Å². The van der Waals surface area contributed by atoms with E-state index in [0.717, 1.165) is 41.6 Å². The molecule has 0 saturated carbocycles. The Hall–Kier alpha value is -2.93. The van der Waals surface area contributed by atoms with E-state index in [9.17, 15) is 4.79 Å². The van der Waals surface area contributed by atoms with Gasteiger partial charge in [0.05, 0.1) is 17.6 Å². The minimum atomic E-state index is -0.0778. The molecule has 1 N–H and O–H groups in total. The number of amides is 2. The minimum absolute atomic E-state index is 0.0778. The average Bonchev–Trinajstić information content (AvgIpc) is 3.20. The molecule has 1 fully saturated rings. The Morgan fingerprint density at radius 3 is 2.57 bits per heavy atom. The number of benzene rings is 1. The van der Waals surface area contributed by atoms with Crippen molar-refractivity contribution in [3.8, 4) is 11.3 Å². The van der Waals surface area contributed by atoms with Gasteiger partial charge in [-0.3, -0.25) is 4.98 Å². The van der Waals surface area contributed by atoms with Gasteiger partial charge in [-0.1, -0.05) is 37.3 Å². The van der Waals surface area contributed by atoms with Gasteiger partial charge in [0.25, 0.3) is 0 Å². The number of piperazine rings is 1. The molecule has 0 unspecified atom stereocenters. The van der Waals surface area contributed by atoms with E-state index in [2.05, 4.69) is 34.3 Å². The number of thiazole rings is 1. The topological polar surface area (TPSA) is 61.4 Å². The molecule has 1 aliphatic rings. The summed E-state index contributed by atoms with van der Waals surface area (Å²) in [7, 11) is 0. The lowest BCUT2D eigenvalue weighted by atomic mass is 10.1. The smallest absolute Gasteiger partial charge is 0.322 e. The highest BCUT2D eigenvalue weighted by atomic mass is 32.1. The lowest BCUT2D eigenvalue weighted by molar-refractivity contribution is 0.208. The zero-order valence-electron chi connectivity index (χ0n) is 15.8. The first-order chi connectivity index (χ1) is 13.7. The average molecular weight is 394 g/mol. The number of anilines is 2. The van der Waals surface area contributed by atoms with Crippen LogP contribution in [0.1, 0.15) is 11.8 Å². The maximum atomic E-state index is 12.5. The Kier molecular flexibility index (Phi) is 5.53. The Bertz CT molecular complexity index is 920. The number of carbonyl (C=O) groups excluding carboxylic acids is 1. The maximum absolute atomic E-state index is 12.5. The molecule has 2 aromatic heterocycles. The first-order valence-electron chi connectivity index (χ1n) is 9.50. The number of hydrogen-bond acceptors (Lipinski definition) is 5. The third-order valence-electron chi connectivity index (χ3n) is 4.80. The summed E-state index contributed by atoms with van der Waals surface area (Å²) in [6, 6.07) is 13.9. The fourth-order valence-corrected chi connectivity index (χ4v) is 4.35. The summed E-state index contributed by atoms with van der Waals surface area (Å²) in [6.45, 7) is 5.09. The number of pyridine rings is 1. The Morgan fingerprint density at radius 2 is 1.89 bits per heavy atom. The van der Waals surface area contributed by atoms with Crippen molar-refractivity contribution in [1.82, 2.24) is 14.9 Å². The molecule has 0 atom stereocenters. The van der Waals surface area contributed by atoms with Crippen LogP contribution in [0, 0.1) is 0 Å². The Morgan fingerprint density at radius 1 is 1.11 bits per heavy atom. The molecule has 1 aromatic carbocycles. The highest BCUT2D eigenvalue weighted by molar-refractivity contribution is 7.16. The molecule has 1 saturated heterocycles. The largest absolute Gasteiger partial charge is 0.345 e. The number of rotatable bonds is 4. The number of urea groups is 1. The van der Waals surface area contributed by atoms with Gasteiger partial charge in [0.15, 0.2) is 5.13 Å². The molecule has 3 aromatic rings. The van der Waals surface area contributed by atoms with Crippen molar-refractivity contribution >= 4 is 28.2 Å². The fraction of sp³-hybridized carbons (Fsp3) is 0.286. The summed E-state index contributed by atoms with van der Waals surface area (Å²) in [5.41, 5.74) is 2.96. The van der Waals surface area contributed by atoms with Crippen LogP contribution in [0.3, 0.4) is 0 Å². The predicted octanol–water partition coefficient (Wildman–Crippen LogP) is 4.12. The number of nitrogens with zero attached hydrogens (tertiary/aromatic N) is 4. The Balaban J connectivity index is 1.41.